The largest absolute Gasteiger partial charge is 0.480 e. The maximum atomic E-state index is 11.4. The van der Waals surface area contributed by atoms with Crippen molar-refractivity contribution in [2.45, 2.75) is 32.7 Å². The molecule has 2 N–H and O–H groups in total. The number of hydrogen-bond donors (Lipinski definition) is 2. The van der Waals surface area contributed by atoms with Crippen molar-refractivity contribution in [1.29, 1.82) is 0 Å². The second kappa shape index (κ2) is 7.09. The lowest BCUT2D eigenvalue weighted by molar-refractivity contribution is -0.137. The Hall–Kier alpha value is -1.34. The van der Waals surface area contributed by atoms with E-state index in [1.54, 1.807) is 23.1 Å². The zero-order valence-electron chi connectivity index (χ0n) is 12.3. The van der Waals surface area contributed by atoms with Crippen LogP contribution in [0.1, 0.15) is 24.0 Å². The van der Waals surface area contributed by atoms with Gasteiger partial charge in [-0.3, -0.25) is 0 Å². The summed E-state index contributed by atoms with van der Waals surface area (Å²) in [5, 5.41) is 13.3. The number of aromatic nitrogens is 2. The minimum absolute atomic E-state index is 0.562. The third-order valence-electron chi connectivity index (χ3n) is 3.10. The minimum atomic E-state index is -0.846. The molecule has 2 heterocycles. The average Bonchev–Trinajstić information content (AvgIpc) is 2.83. The van der Waals surface area contributed by atoms with Gasteiger partial charge in [-0.2, -0.15) is 11.8 Å². The third kappa shape index (κ3) is 3.85. The summed E-state index contributed by atoms with van der Waals surface area (Å²) in [4.78, 5) is 22.4. The van der Waals surface area contributed by atoms with Crippen molar-refractivity contribution < 1.29 is 9.90 Å². The molecule has 21 heavy (non-hydrogen) atoms. The Bertz CT molecular complexity index is 642. The first kappa shape index (κ1) is 16.0. The number of thioether (sulfide) groups is 1. The summed E-state index contributed by atoms with van der Waals surface area (Å²) in [5.41, 5.74) is 0. The molecule has 2 aromatic rings. The minimum Gasteiger partial charge on any atom is -0.480 e. The molecule has 0 aliphatic carbocycles. The predicted octanol–water partition coefficient (Wildman–Crippen LogP) is 3.18. The molecular formula is C14H19N3O2S2. The average molecular weight is 325 g/mol. The zero-order chi connectivity index (χ0) is 15.4. The molecule has 0 aromatic carbocycles. The van der Waals surface area contributed by atoms with Gasteiger partial charge in [0.25, 0.3) is 0 Å². The number of carbonyl (C=O) groups is 1. The zero-order valence-corrected chi connectivity index (χ0v) is 14.0. The van der Waals surface area contributed by atoms with E-state index < -0.39 is 12.0 Å². The van der Waals surface area contributed by atoms with Gasteiger partial charge in [-0.05, 0) is 31.4 Å². The normalized spacial score (nSPS) is 12.5. The summed E-state index contributed by atoms with van der Waals surface area (Å²) in [5.74, 6) is 1.32. The van der Waals surface area contributed by atoms with E-state index in [0.717, 1.165) is 33.1 Å². The van der Waals surface area contributed by atoms with Crippen LogP contribution in [0.5, 0.6) is 0 Å². The number of aliphatic carboxylic acids is 1. The number of nitrogens with zero attached hydrogens (tertiary/aromatic N) is 2. The summed E-state index contributed by atoms with van der Waals surface area (Å²) in [6.07, 6.45) is 3.26. The van der Waals surface area contributed by atoms with Crippen LogP contribution in [0.25, 0.3) is 10.2 Å². The van der Waals surface area contributed by atoms with Gasteiger partial charge in [0.05, 0.1) is 5.39 Å². The SMILES string of the molecule is CCc1nc(NC(CCSC)C(=O)O)c2cc(C)sc2n1. The number of rotatable bonds is 7. The van der Waals surface area contributed by atoms with Crippen LogP contribution in [0, 0.1) is 6.92 Å². The van der Waals surface area contributed by atoms with Gasteiger partial charge in [-0.25, -0.2) is 14.8 Å². The second-order valence-corrected chi connectivity index (χ2v) is 6.95. The van der Waals surface area contributed by atoms with Gasteiger partial charge >= 0.3 is 5.97 Å². The van der Waals surface area contributed by atoms with Gasteiger partial charge in [-0.1, -0.05) is 6.92 Å². The number of aryl methyl sites for hydroxylation is 2. The topological polar surface area (TPSA) is 75.1 Å². The van der Waals surface area contributed by atoms with E-state index in [1.165, 1.54) is 0 Å². The molecule has 0 aliphatic heterocycles. The van der Waals surface area contributed by atoms with Crippen LogP contribution in [0.4, 0.5) is 5.82 Å². The van der Waals surface area contributed by atoms with Crippen molar-refractivity contribution in [3.8, 4) is 0 Å². The van der Waals surface area contributed by atoms with Crippen molar-refractivity contribution in [3.63, 3.8) is 0 Å². The lowest BCUT2D eigenvalue weighted by Gasteiger charge is -2.15. The van der Waals surface area contributed by atoms with Gasteiger partial charge in [0.1, 0.15) is 22.5 Å². The molecule has 114 valence electrons. The van der Waals surface area contributed by atoms with Crippen LogP contribution >= 0.6 is 23.1 Å². The lowest BCUT2D eigenvalue weighted by Crippen LogP contribution is -2.30. The number of hydrogen-bond acceptors (Lipinski definition) is 6. The van der Waals surface area contributed by atoms with E-state index in [-0.39, 0.29) is 0 Å². The van der Waals surface area contributed by atoms with E-state index in [4.69, 9.17) is 0 Å². The Morgan fingerprint density at radius 3 is 2.90 bits per heavy atom. The molecule has 5 nitrogen and oxygen atoms in total. The highest BCUT2D eigenvalue weighted by Gasteiger charge is 2.19. The number of thiophene rings is 1. The highest BCUT2D eigenvalue weighted by atomic mass is 32.2. The van der Waals surface area contributed by atoms with Gasteiger partial charge in [0.2, 0.25) is 0 Å². The van der Waals surface area contributed by atoms with Crippen LogP contribution in [0.3, 0.4) is 0 Å². The van der Waals surface area contributed by atoms with Crippen molar-refractivity contribution >= 4 is 45.1 Å². The number of fused-ring (bicyclic) bond motifs is 1. The molecule has 0 fully saturated rings. The van der Waals surface area contributed by atoms with Crippen LogP contribution in [-0.2, 0) is 11.2 Å². The summed E-state index contributed by atoms with van der Waals surface area (Å²) in [6, 6.07) is 1.38. The second-order valence-electron chi connectivity index (χ2n) is 4.73. The fourth-order valence-electron chi connectivity index (χ4n) is 2.01. The van der Waals surface area contributed by atoms with E-state index in [0.29, 0.717) is 12.2 Å². The first-order valence-corrected chi connectivity index (χ1v) is 9.01. The summed E-state index contributed by atoms with van der Waals surface area (Å²) in [6.45, 7) is 4.01. The van der Waals surface area contributed by atoms with E-state index in [9.17, 15) is 9.90 Å². The molecule has 0 saturated heterocycles. The predicted molar refractivity (Wildman–Crippen MR) is 89.6 cm³/mol. The Morgan fingerprint density at radius 2 is 2.29 bits per heavy atom. The smallest absolute Gasteiger partial charge is 0.326 e. The first-order valence-electron chi connectivity index (χ1n) is 6.80. The molecule has 0 radical (unpaired) electrons. The molecular weight excluding hydrogens is 306 g/mol. The first-order chi connectivity index (χ1) is 10.0. The maximum absolute atomic E-state index is 11.4. The molecule has 2 rings (SSSR count). The number of carboxylic acids is 1. The van der Waals surface area contributed by atoms with Crippen LogP contribution < -0.4 is 5.32 Å². The van der Waals surface area contributed by atoms with Crippen molar-refractivity contribution in [2.24, 2.45) is 0 Å². The van der Waals surface area contributed by atoms with E-state index >= 15 is 0 Å². The summed E-state index contributed by atoms with van der Waals surface area (Å²) >= 11 is 3.25. The van der Waals surface area contributed by atoms with Crippen LogP contribution in [0.2, 0.25) is 0 Å². The molecule has 0 spiro atoms. The van der Waals surface area contributed by atoms with Crippen molar-refractivity contribution in [2.75, 3.05) is 17.3 Å². The van der Waals surface area contributed by atoms with Gasteiger partial charge in [0.15, 0.2) is 0 Å². The summed E-state index contributed by atoms with van der Waals surface area (Å²) < 4.78 is 0. The maximum Gasteiger partial charge on any atom is 0.326 e. The van der Waals surface area contributed by atoms with E-state index in [2.05, 4.69) is 15.3 Å². The van der Waals surface area contributed by atoms with Crippen molar-refractivity contribution in [1.82, 2.24) is 9.97 Å². The molecule has 0 amide bonds. The molecule has 0 saturated carbocycles. The monoisotopic (exact) mass is 325 g/mol. The molecule has 1 atom stereocenters. The Morgan fingerprint density at radius 1 is 1.52 bits per heavy atom. The standard InChI is InChI=1S/C14H19N3O2S2/c1-4-11-16-12(9-7-8(2)21-13(9)17-11)15-10(14(18)19)5-6-20-3/h7,10H,4-6H2,1-3H3,(H,18,19)(H,15,16,17). The fraction of sp³-hybridized carbons (Fsp3) is 0.500. The molecule has 1 unspecified atom stereocenters. The van der Waals surface area contributed by atoms with E-state index in [1.807, 2.05) is 26.2 Å². The highest BCUT2D eigenvalue weighted by Crippen LogP contribution is 2.29. The highest BCUT2D eigenvalue weighted by molar-refractivity contribution is 7.98. The molecule has 0 aliphatic rings. The Labute approximate surface area is 132 Å². The molecule has 7 heteroatoms. The van der Waals surface area contributed by atoms with Crippen LogP contribution in [0.15, 0.2) is 6.07 Å². The molecule has 0 bridgehead atoms. The Balaban J connectivity index is 2.36. The quantitative estimate of drug-likeness (QED) is 0.814. The van der Waals surface area contributed by atoms with Crippen LogP contribution in [-0.4, -0.2) is 39.1 Å². The van der Waals surface area contributed by atoms with Gasteiger partial charge < -0.3 is 10.4 Å². The van der Waals surface area contributed by atoms with Crippen molar-refractivity contribution in [3.05, 3.63) is 16.8 Å². The number of nitrogens with one attached hydrogen (secondary N) is 1. The van der Waals surface area contributed by atoms with Gasteiger partial charge in [-0.15, -0.1) is 11.3 Å². The fourth-order valence-corrected chi connectivity index (χ4v) is 3.38. The number of carboxylic acid groups (broad SMARTS) is 1. The Kier molecular flexibility index (Phi) is 5.41. The summed E-state index contributed by atoms with van der Waals surface area (Å²) in [7, 11) is 0. The van der Waals surface area contributed by atoms with Gasteiger partial charge in [0, 0.05) is 11.3 Å². The molecule has 2 aromatic heterocycles. The third-order valence-corrected chi connectivity index (χ3v) is 4.69. The lowest BCUT2D eigenvalue weighted by atomic mass is 10.2. The number of anilines is 1.